The molecule has 2 aliphatic heterocycles. The second-order valence-electron chi connectivity index (χ2n) is 6.63. The van der Waals surface area contributed by atoms with E-state index in [0.717, 1.165) is 37.2 Å². The van der Waals surface area contributed by atoms with Crippen molar-refractivity contribution >= 4 is 6.03 Å². The van der Waals surface area contributed by atoms with Crippen molar-refractivity contribution in [1.82, 2.24) is 19.6 Å². The Balaban J connectivity index is 1.55. The van der Waals surface area contributed by atoms with E-state index in [4.69, 9.17) is 9.84 Å². The number of amides is 2. The standard InChI is InChI=1S/C19H24N4O2/c1-21-17-8-10-22(19(24)23-11-13-25-14-12-23)9-7-16(17)18(20-21)15-5-3-2-4-6-15/h2-6H,7-14H2,1H3. The van der Waals surface area contributed by atoms with Gasteiger partial charge in [0.15, 0.2) is 0 Å². The molecule has 1 fully saturated rings. The predicted molar refractivity (Wildman–Crippen MR) is 95.4 cm³/mol. The van der Waals surface area contributed by atoms with Crippen LogP contribution in [-0.2, 0) is 24.6 Å². The minimum atomic E-state index is 0.144. The molecule has 0 atom stereocenters. The molecule has 0 radical (unpaired) electrons. The molecule has 1 aromatic heterocycles. The van der Waals surface area contributed by atoms with Crippen LogP contribution in [-0.4, -0.2) is 65.0 Å². The molecule has 132 valence electrons. The molecule has 6 nitrogen and oxygen atoms in total. The van der Waals surface area contributed by atoms with Crippen molar-refractivity contribution < 1.29 is 9.53 Å². The molecule has 4 rings (SSSR count). The fourth-order valence-corrected chi connectivity index (χ4v) is 3.75. The zero-order valence-corrected chi connectivity index (χ0v) is 14.6. The van der Waals surface area contributed by atoms with E-state index < -0.39 is 0 Å². The summed E-state index contributed by atoms with van der Waals surface area (Å²) in [4.78, 5) is 16.7. The minimum absolute atomic E-state index is 0.144. The number of ether oxygens (including phenoxy) is 1. The average Bonchev–Trinajstić information content (AvgIpc) is 2.84. The number of fused-ring (bicyclic) bond motifs is 1. The number of benzene rings is 1. The van der Waals surface area contributed by atoms with E-state index in [2.05, 4.69) is 12.1 Å². The second kappa shape index (κ2) is 6.88. The Labute approximate surface area is 148 Å². The van der Waals surface area contributed by atoms with Crippen molar-refractivity contribution in [3.05, 3.63) is 41.6 Å². The molecule has 0 aliphatic carbocycles. The van der Waals surface area contributed by atoms with Crippen molar-refractivity contribution in [3.63, 3.8) is 0 Å². The van der Waals surface area contributed by atoms with Crippen LogP contribution >= 0.6 is 0 Å². The quantitative estimate of drug-likeness (QED) is 0.797. The van der Waals surface area contributed by atoms with Crippen LogP contribution in [0.3, 0.4) is 0 Å². The average molecular weight is 340 g/mol. The zero-order chi connectivity index (χ0) is 17.2. The topological polar surface area (TPSA) is 50.6 Å². The lowest BCUT2D eigenvalue weighted by Gasteiger charge is -2.32. The number of hydrogen-bond donors (Lipinski definition) is 0. The molecule has 0 spiro atoms. The number of carbonyl (C=O) groups is 1. The monoisotopic (exact) mass is 340 g/mol. The van der Waals surface area contributed by atoms with Gasteiger partial charge in [0.25, 0.3) is 0 Å². The minimum Gasteiger partial charge on any atom is -0.378 e. The lowest BCUT2D eigenvalue weighted by molar-refractivity contribution is 0.0436. The third-order valence-corrected chi connectivity index (χ3v) is 5.12. The summed E-state index contributed by atoms with van der Waals surface area (Å²) < 4.78 is 7.34. The molecule has 0 saturated carbocycles. The normalized spacial score (nSPS) is 18.0. The maximum absolute atomic E-state index is 12.8. The van der Waals surface area contributed by atoms with Crippen LogP contribution in [0.5, 0.6) is 0 Å². The Morgan fingerprint density at radius 1 is 1.00 bits per heavy atom. The van der Waals surface area contributed by atoms with Crippen LogP contribution in [0.15, 0.2) is 30.3 Å². The van der Waals surface area contributed by atoms with Crippen molar-refractivity contribution in [2.75, 3.05) is 39.4 Å². The third kappa shape index (κ3) is 3.14. The van der Waals surface area contributed by atoms with Gasteiger partial charge >= 0.3 is 6.03 Å². The first-order valence-electron chi connectivity index (χ1n) is 8.96. The van der Waals surface area contributed by atoms with Gasteiger partial charge in [0.2, 0.25) is 0 Å². The SMILES string of the molecule is Cn1nc(-c2ccccc2)c2c1CCN(C(=O)N1CCOCC1)CC2. The Morgan fingerprint density at radius 3 is 2.44 bits per heavy atom. The smallest absolute Gasteiger partial charge is 0.320 e. The summed E-state index contributed by atoms with van der Waals surface area (Å²) in [5, 5.41) is 4.75. The van der Waals surface area contributed by atoms with Gasteiger partial charge in [-0.2, -0.15) is 5.10 Å². The van der Waals surface area contributed by atoms with Crippen LogP contribution in [0.25, 0.3) is 11.3 Å². The maximum atomic E-state index is 12.8. The van der Waals surface area contributed by atoms with E-state index >= 15 is 0 Å². The summed E-state index contributed by atoms with van der Waals surface area (Å²) >= 11 is 0. The summed E-state index contributed by atoms with van der Waals surface area (Å²) in [6.45, 7) is 4.16. The molecule has 0 unspecified atom stereocenters. The highest BCUT2D eigenvalue weighted by Crippen LogP contribution is 2.28. The molecule has 2 aliphatic rings. The maximum Gasteiger partial charge on any atom is 0.320 e. The summed E-state index contributed by atoms with van der Waals surface area (Å²) in [6.07, 6.45) is 1.70. The van der Waals surface area contributed by atoms with Crippen molar-refractivity contribution in [1.29, 1.82) is 0 Å². The lowest BCUT2D eigenvalue weighted by Crippen LogP contribution is -2.48. The molecule has 6 heteroatoms. The molecule has 1 aromatic carbocycles. The third-order valence-electron chi connectivity index (χ3n) is 5.12. The van der Waals surface area contributed by atoms with Gasteiger partial charge in [0.1, 0.15) is 0 Å². The number of morpholine rings is 1. The van der Waals surface area contributed by atoms with E-state index in [9.17, 15) is 4.79 Å². The molecular formula is C19H24N4O2. The van der Waals surface area contributed by atoms with Gasteiger partial charge < -0.3 is 14.5 Å². The first-order chi connectivity index (χ1) is 12.2. The molecule has 0 bridgehead atoms. The Morgan fingerprint density at radius 2 is 1.68 bits per heavy atom. The van der Waals surface area contributed by atoms with Gasteiger partial charge in [-0.15, -0.1) is 0 Å². The molecule has 2 amide bonds. The summed E-state index contributed by atoms with van der Waals surface area (Å²) in [5.74, 6) is 0. The number of carbonyl (C=O) groups excluding carboxylic acids is 1. The summed E-state index contributed by atoms with van der Waals surface area (Å²) in [7, 11) is 2.00. The van der Waals surface area contributed by atoms with Gasteiger partial charge in [0.05, 0.1) is 18.9 Å². The molecule has 25 heavy (non-hydrogen) atoms. The number of hydrogen-bond acceptors (Lipinski definition) is 3. The van der Waals surface area contributed by atoms with Crippen LogP contribution in [0, 0.1) is 0 Å². The number of urea groups is 1. The Kier molecular flexibility index (Phi) is 4.44. The van der Waals surface area contributed by atoms with E-state index in [1.54, 1.807) is 0 Å². The fourth-order valence-electron chi connectivity index (χ4n) is 3.75. The van der Waals surface area contributed by atoms with Gasteiger partial charge in [-0.1, -0.05) is 30.3 Å². The van der Waals surface area contributed by atoms with Gasteiger partial charge in [-0.05, 0) is 6.42 Å². The lowest BCUT2D eigenvalue weighted by atomic mass is 10.0. The van der Waals surface area contributed by atoms with Crippen LogP contribution in [0.2, 0.25) is 0 Å². The fraction of sp³-hybridized carbons (Fsp3) is 0.474. The van der Waals surface area contributed by atoms with Crippen LogP contribution in [0.4, 0.5) is 4.79 Å². The molecule has 3 heterocycles. The number of nitrogens with zero attached hydrogens (tertiary/aromatic N) is 4. The van der Waals surface area contributed by atoms with Crippen LogP contribution in [0.1, 0.15) is 11.3 Å². The molecule has 1 saturated heterocycles. The molecule has 2 aromatic rings. The first-order valence-corrected chi connectivity index (χ1v) is 8.96. The summed E-state index contributed by atoms with van der Waals surface area (Å²) in [5.41, 5.74) is 4.73. The molecule has 0 N–H and O–H groups in total. The summed E-state index contributed by atoms with van der Waals surface area (Å²) in [6, 6.07) is 10.5. The highest BCUT2D eigenvalue weighted by molar-refractivity contribution is 5.75. The van der Waals surface area contributed by atoms with Crippen molar-refractivity contribution in [2.45, 2.75) is 12.8 Å². The Bertz CT molecular complexity index is 750. The Hall–Kier alpha value is -2.34. The predicted octanol–water partition coefficient (Wildman–Crippen LogP) is 1.94. The van der Waals surface area contributed by atoms with Crippen LogP contribution < -0.4 is 0 Å². The van der Waals surface area contributed by atoms with E-state index in [0.29, 0.717) is 26.3 Å². The zero-order valence-electron chi connectivity index (χ0n) is 14.6. The van der Waals surface area contributed by atoms with Crippen molar-refractivity contribution in [2.24, 2.45) is 7.05 Å². The first kappa shape index (κ1) is 16.1. The van der Waals surface area contributed by atoms with E-state index in [1.165, 1.54) is 11.3 Å². The second-order valence-corrected chi connectivity index (χ2v) is 6.63. The van der Waals surface area contributed by atoms with E-state index in [-0.39, 0.29) is 6.03 Å². The highest BCUT2D eigenvalue weighted by Gasteiger charge is 2.27. The number of rotatable bonds is 1. The number of aryl methyl sites for hydroxylation is 1. The van der Waals surface area contributed by atoms with E-state index in [1.807, 2.05) is 39.7 Å². The molecular weight excluding hydrogens is 316 g/mol. The van der Waals surface area contributed by atoms with Gasteiger partial charge in [-0.25, -0.2) is 4.79 Å². The van der Waals surface area contributed by atoms with Gasteiger partial charge in [0, 0.05) is 56.5 Å². The van der Waals surface area contributed by atoms with Gasteiger partial charge in [-0.3, -0.25) is 4.68 Å². The highest BCUT2D eigenvalue weighted by atomic mass is 16.5. The number of aromatic nitrogens is 2. The van der Waals surface area contributed by atoms with Crippen molar-refractivity contribution in [3.8, 4) is 11.3 Å². The largest absolute Gasteiger partial charge is 0.378 e.